The number of unbranched alkanes of at least 4 members (excludes halogenated alkanes) is 1. The normalized spacial score (nSPS) is 11.0. The lowest BCUT2D eigenvalue weighted by Gasteiger charge is -2.08. The summed E-state index contributed by atoms with van der Waals surface area (Å²) >= 11 is 0. The molecule has 1 aromatic rings. The van der Waals surface area contributed by atoms with Crippen LogP contribution in [0.5, 0.6) is 5.75 Å². The fraction of sp³-hybridized carbons (Fsp3) is 0.474. The Kier molecular flexibility index (Phi) is 9.27. The lowest BCUT2D eigenvalue weighted by molar-refractivity contribution is -0.145. The van der Waals surface area contributed by atoms with Crippen molar-refractivity contribution in [3.63, 3.8) is 0 Å². The van der Waals surface area contributed by atoms with Gasteiger partial charge in [-0.05, 0) is 44.0 Å². The van der Waals surface area contributed by atoms with Crippen LogP contribution in [0.3, 0.4) is 0 Å². The molecule has 24 heavy (non-hydrogen) atoms. The van der Waals surface area contributed by atoms with Crippen molar-refractivity contribution in [1.82, 2.24) is 0 Å². The van der Waals surface area contributed by atoms with Crippen LogP contribution in [0, 0.1) is 0 Å². The number of rotatable bonds is 10. The molecule has 0 saturated heterocycles. The van der Waals surface area contributed by atoms with E-state index in [2.05, 4.69) is 6.92 Å². The summed E-state index contributed by atoms with van der Waals surface area (Å²) in [6.07, 6.45) is 3.62. The fourth-order valence-electron chi connectivity index (χ4n) is 1.97. The minimum absolute atomic E-state index is 0.110. The van der Waals surface area contributed by atoms with Crippen molar-refractivity contribution in [2.24, 2.45) is 0 Å². The molecule has 0 fully saturated rings. The number of ether oxygens (including phenoxy) is 3. The highest BCUT2D eigenvalue weighted by atomic mass is 16.5. The van der Waals surface area contributed by atoms with Crippen LogP contribution in [0.1, 0.15) is 45.6 Å². The summed E-state index contributed by atoms with van der Waals surface area (Å²) in [6.45, 7) is 6.77. The first-order valence-electron chi connectivity index (χ1n) is 8.36. The van der Waals surface area contributed by atoms with Gasteiger partial charge in [0, 0.05) is 5.57 Å². The van der Waals surface area contributed by atoms with E-state index in [0.717, 1.165) is 24.2 Å². The maximum atomic E-state index is 12.0. The van der Waals surface area contributed by atoms with Crippen molar-refractivity contribution in [3.05, 3.63) is 35.4 Å². The van der Waals surface area contributed by atoms with Gasteiger partial charge in [0.15, 0.2) is 0 Å². The molecular formula is C19H26O5. The first kappa shape index (κ1) is 19.7. The summed E-state index contributed by atoms with van der Waals surface area (Å²) in [7, 11) is 0. The number of hydrogen-bond acceptors (Lipinski definition) is 5. The van der Waals surface area contributed by atoms with Crippen LogP contribution in [-0.2, 0) is 19.1 Å². The molecule has 1 aromatic carbocycles. The van der Waals surface area contributed by atoms with Gasteiger partial charge in [-0.2, -0.15) is 0 Å². The lowest BCUT2D eigenvalue weighted by Crippen LogP contribution is -2.13. The first-order chi connectivity index (χ1) is 11.6. The van der Waals surface area contributed by atoms with E-state index >= 15 is 0 Å². The molecule has 0 aliphatic rings. The van der Waals surface area contributed by atoms with Gasteiger partial charge < -0.3 is 14.2 Å². The summed E-state index contributed by atoms with van der Waals surface area (Å²) in [4.78, 5) is 23.7. The zero-order valence-corrected chi connectivity index (χ0v) is 14.7. The van der Waals surface area contributed by atoms with E-state index in [-0.39, 0.29) is 25.2 Å². The Morgan fingerprint density at radius 1 is 1.00 bits per heavy atom. The zero-order valence-electron chi connectivity index (χ0n) is 14.7. The molecule has 0 aliphatic heterocycles. The van der Waals surface area contributed by atoms with Crippen molar-refractivity contribution in [3.8, 4) is 5.75 Å². The average molecular weight is 334 g/mol. The van der Waals surface area contributed by atoms with Crippen LogP contribution in [0.15, 0.2) is 29.8 Å². The minimum Gasteiger partial charge on any atom is -0.494 e. The standard InChI is InChI=1S/C19H26O5/c1-4-7-12-24-17-10-8-15(9-11-17)13-16(19(21)23-6-3)14-18(20)22-5-2/h8-11,13H,4-7,12,14H2,1-3H3. The van der Waals surface area contributed by atoms with E-state index < -0.39 is 11.9 Å². The highest BCUT2D eigenvalue weighted by molar-refractivity contribution is 5.98. The third-order valence-electron chi connectivity index (χ3n) is 3.17. The van der Waals surface area contributed by atoms with E-state index in [1.807, 2.05) is 24.3 Å². The molecule has 0 heterocycles. The minimum atomic E-state index is -0.506. The molecule has 132 valence electrons. The lowest BCUT2D eigenvalue weighted by atomic mass is 10.1. The van der Waals surface area contributed by atoms with Gasteiger partial charge in [-0.3, -0.25) is 4.79 Å². The number of carbonyl (C=O) groups excluding carboxylic acids is 2. The topological polar surface area (TPSA) is 61.8 Å². The largest absolute Gasteiger partial charge is 0.494 e. The summed E-state index contributed by atoms with van der Waals surface area (Å²) in [5, 5.41) is 0. The van der Waals surface area contributed by atoms with Crippen molar-refractivity contribution in [2.45, 2.75) is 40.0 Å². The predicted molar refractivity (Wildman–Crippen MR) is 92.7 cm³/mol. The quantitative estimate of drug-likeness (QED) is 0.370. The molecule has 0 aliphatic carbocycles. The van der Waals surface area contributed by atoms with E-state index in [1.54, 1.807) is 19.9 Å². The van der Waals surface area contributed by atoms with E-state index in [0.29, 0.717) is 6.61 Å². The number of carbonyl (C=O) groups is 2. The van der Waals surface area contributed by atoms with Gasteiger partial charge in [0.2, 0.25) is 0 Å². The Morgan fingerprint density at radius 2 is 1.67 bits per heavy atom. The van der Waals surface area contributed by atoms with Gasteiger partial charge in [0.25, 0.3) is 0 Å². The smallest absolute Gasteiger partial charge is 0.334 e. The summed E-state index contributed by atoms with van der Waals surface area (Å²) in [5.41, 5.74) is 1.07. The Labute approximate surface area is 143 Å². The number of benzene rings is 1. The molecule has 0 radical (unpaired) electrons. The third kappa shape index (κ3) is 7.31. The van der Waals surface area contributed by atoms with Crippen LogP contribution < -0.4 is 4.74 Å². The molecule has 0 saturated carbocycles. The Hall–Kier alpha value is -2.30. The van der Waals surface area contributed by atoms with Gasteiger partial charge >= 0.3 is 11.9 Å². The molecule has 0 bridgehead atoms. The Morgan fingerprint density at radius 3 is 2.25 bits per heavy atom. The second-order valence-corrected chi connectivity index (χ2v) is 5.14. The average Bonchev–Trinajstić information content (AvgIpc) is 2.56. The van der Waals surface area contributed by atoms with Crippen LogP contribution in [0.4, 0.5) is 0 Å². The molecule has 0 amide bonds. The maximum absolute atomic E-state index is 12.0. The van der Waals surface area contributed by atoms with Crippen molar-refractivity contribution >= 4 is 18.0 Å². The van der Waals surface area contributed by atoms with Crippen LogP contribution in [0.2, 0.25) is 0 Å². The summed E-state index contributed by atoms with van der Waals surface area (Å²) < 4.78 is 15.5. The third-order valence-corrected chi connectivity index (χ3v) is 3.17. The zero-order chi connectivity index (χ0) is 17.8. The van der Waals surface area contributed by atoms with E-state index in [4.69, 9.17) is 14.2 Å². The highest BCUT2D eigenvalue weighted by Gasteiger charge is 2.16. The summed E-state index contributed by atoms with van der Waals surface area (Å²) in [5.74, 6) is -0.172. The van der Waals surface area contributed by atoms with Crippen LogP contribution >= 0.6 is 0 Å². The van der Waals surface area contributed by atoms with Crippen LogP contribution in [0.25, 0.3) is 6.08 Å². The molecule has 0 spiro atoms. The number of esters is 2. The summed E-state index contributed by atoms with van der Waals surface area (Å²) in [6, 6.07) is 7.36. The molecule has 0 aromatic heterocycles. The molecule has 0 N–H and O–H groups in total. The van der Waals surface area contributed by atoms with Gasteiger partial charge in [-0.25, -0.2) is 4.79 Å². The molecular weight excluding hydrogens is 308 g/mol. The Balaban J connectivity index is 2.83. The van der Waals surface area contributed by atoms with Crippen molar-refractivity contribution < 1.29 is 23.8 Å². The van der Waals surface area contributed by atoms with Crippen molar-refractivity contribution in [1.29, 1.82) is 0 Å². The van der Waals surface area contributed by atoms with Gasteiger partial charge in [0.1, 0.15) is 5.75 Å². The monoisotopic (exact) mass is 334 g/mol. The molecule has 0 unspecified atom stereocenters. The predicted octanol–water partition coefficient (Wildman–Crippen LogP) is 3.77. The van der Waals surface area contributed by atoms with Gasteiger partial charge in [-0.15, -0.1) is 0 Å². The Bertz CT molecular complexity index is 545. The number of hydrogen-bond donors (Lipinski definition) is 0. The molecule has 5 heteroatoms. The van der Waals surface area contributed by atoms with E-state index in [9.17, 15) is 9.59 Å². The van der Waals surface area contributed by atoms with Crippen molar-refractivity contribution in [2.75, 3.05) is 19.8 Å². The molecule has 0 atom stereocenters. The first-order valence-corrected chi connectivity index (χ1v) is 8.36. The SMILES string of the molecule is CCCCOc1ccc(C=C(CC(=O)OCC)C(=O)OCC)cc1. The maximum Gasteiger partial charge on any atom is 0.334 e. The van der Waals surface area contributed by atoms with Gasteiger partial charge in [0.05, 0.1) is 26.2 Å². The second kappa shape index (κ2) is 11.3. The van der Waals surface area contributed by atoms with Crippen LogP contribution in [-0.4, -0.2) is 31.8 Å². The highest BCUT2D eigenvalue weighted by Crippen LogP contribution is 2.17. The molecule has 1 rings (SSSR count). The van der Waals surface area contributed by atoms with Gasteiger partial charge in [-0.1, -0.05) is 25.5 Å². The molecule has 5 nitrogen and oxygen atoms in total. The second-order valence-electron chi connectivity index (χ2n) is 5.14. The van der Waals surface area contributed by atoms with E-state index in [1.165, 1.54) is 0 Å². The fourth-order valence-corrected chi connectivity index (χ4v) is 1.97.